The zero-order chi connectivity index (χ0) is 14.9. The van der Waals surface area contributed by atoms with Gasteiger partial charge < -0.3 is 0 Å². The lowest BCUT2D eigenvalue weighted by molar-refractivity contribution is -0.384. The van der Waals surface area contributed by atoms with Crippen molar-refractivity contribution < 1.29 is 9.72 Å². The van der Waals surface area contributed by atoms with E-state index >= 15 is 0 Å². The first-order valence-corrected chi connectivity index (χ1v) is 6.65. The number of benzene rings is 1. The maximum absolute atomic E-state index is 11.7. The first-order valence-electron chi connectivity index (χ1n) is 6.27. The maximum atomic E-state index is 11.7. The van der Waals surface area contributed by atoms with Gasteiger partial charge in [0.25, 0.3) is 5.69 Å². The highest BCUT2D eigenvalue weighted by molar-refractivity contribution is 6.32. The summed E-state index contributed by atoms with van der Waals surface area (Å²) in [4.78, 5) is 22.1. The molecule has 106 valence electrons. The van der Waals surface area contributed by atoms with Crippen LogP contribution in [0.25, 0.3) is 0 Å². The standard InChI is InChI=1S/C13H14ClN3O3/c1-3-16-12(18)6-8(2)13(15-16)9-4-5-10(14)11(7-9)17(19)20/h4-5,7-8H,3,6H2,1-2H3. The Labute approximate surface area is 121 Å². The molecule has 0 N–H and O–H groups in total. The van der Waals surface area contributed by atoms with E-state index < -0.39 is 4.92 Å². The third kappa shape index (κ3) is 2.65. The van der Waals surface area contributed by atoms with Crippen molar-refractivity contribution in [2.45, 2.75) is 20.3 Å². The van der Waals surface area contributed by atoms with Crippen LogP contribution in [-0.2, 0) is 4.79 Å². The highest BCUT2D eigenvalue weighted by Crippen LogP contribution is 2.28. The summed E-state index contributed by atoms with van der Waals surface area (Å²) in [6, 6.07) is 4.58. The van der Waals surface area contributed by atoms with Crippen molar-refractivity contribution in [2.75, 3.05) is 6.54 Å². The molecule has 1 aromatic carbocycles. The van der Waals surface area contributed by atoms with Crippen molar-refractivity contribution in [1.29, 1.82) is 0 Å². The smallest absolute Gasteiger partial charge is 0.273 e. The number of halogens is 1. The molecule has 1 unspecified atom stereocenters. The lowest BCUT2D eigenvalue weighted by Crippen LogP contribution is -2.36. The van der Waals surface area contributed by atoms with E-state index in [0.717, 1.165) is 0 Å². The number of nitrogens with zero attached hydrogens (tertiary/aromatic N) is 3. The molecule has 0 aromatic heterocycles. The fraction of sp³-hybridized carbons (Fsp3) is 0.385. The summed E-state index contributed by atoms with van der Waals surface area (Å²) in [5.41, 5.74) is 1.14. The van der Waals surface area contributed by atoms with Gasteiger partial charge in [-0.05, 0) is 13.0 Å². The molecule has 1 aromatic rings. The third-order valence-corrected chi connectivity index (χ3v) is 3.52. The van der Waals surface area contributed by atoms with Gasteiger partial charge in [0, 0.05) is 30.5 Å². The number of amides is 1. The van der Waals surface area contributed by atoms with Gasteiger partial charge in [-0.2, -0.15) is 5.10 Å². The van der Waals surface area contributed by atoms with Crippen molar-refractivity contribution in [3.8, 4) is 0 Å². The van der Waals surface area contributed by atoms with E-state index in [1.54, 1.807) is 6.07 Å². The highest BCUT2D eigenvalue weighted by Gasteiger charge is 2.27. The van der Waals surface area contributed by atoms with E-state index in [9.17, 15) is 14.9 Å². The van der Waals surface area contributed by atoms with Gasteiger partial charge in [-0.3, -0.25) is 14.9 Å². The number of nitro benzene ring substituents is 1. The molecule has 1 aliphatic heterocycles. The largest absolute Gasteiger partial charge is 0.288 e. The zero-order valence-electron chi connectivity index (χ0n) is 11.2. The van der Waals surface area contributed by atoms with Gasteiger partial charge in [0.2, 0.25) is 5.91 Å². The second kappa shape index (κ2) is 5.58. The molecule has 0 aliphatic carbocycles. The molecule has 2 rings (SSSR count). The van der Waals surface area contributed by atoms with Gasteiger partial charge in [-0.25, -0.2) is 5.01 Å². The minimum absolute atomic E-state index is 0.0350. The minimum Gasteiger partial charge on any atom is -0.273 e. The third-order valence-electron chi connectivity index (χ3n) is 3.20. The Balaban J connectivity index is 2.47. The monoisotopic (exact) mass is 295 g/mol. The van der Waals surface area contributed by atoms with E-state index in [1.807, 2.05) is 13.8 Å². The molecule has 6 nitrogen and oxygen atoms in total. The summed E-state index contributed by atoms with van der Waals surface area (Å²) < 4.78 is 0. The molecule has 0 fully saturated rings. The Hall–Kier alpha value is -1.95. The summed E-state index contributed by atoms with van der Waals surface area (Å²) >= 11 is 5.80. The van der Waals surface area contributed by atoms with Crippen LogP contribution in [0.5, 0.6) is 0 Å². The Morgan fingerprint density at radius 3 is 2.85 bits per heavy atom. The van der Waals surface area contributed by atoms with Crippen LogP contribution in [-0.4, -0.2) is 28.1 Å². The second-order valence-electron chi connectivity index (χ2n) is 4.62. The van der Waals surface area contributed by atoms with Gasteiger partial charge in [-0.1, -0.05) is 24.6 Å². The normalized spacial score (nSPS) is 18.9. The van der Waals surface area contributed by atoms with E-state index in [2.05, 4.69) is 5.10 Å². The van der Waals surface area contributed by atoms with Crippen LogP contribution in [0, 0.1) is 16.0 Å². The quantitative estimate of drug-likeness (QED) is 0.635. The first kappa shape index (κ1) is 14.5. The molecular weight excluding hydrogens is 282 g/mol. The topological polar surface area (TPSA) is 75.8 Å². The van der Waals surface area contributed by atoms with Crippen molar-refractivity contribution >= 4 is 28.9 Å². The van der Waals surface area contributed by atoms with Crippen LogP contribution in [0.1, 0.15) is 25.8 Å². The van der Waals surface area contributed by atoms with Crippen LogP contribution in [0.15, 0.2) is 23.3 Å². The Morgan fingerprint density at radius 1 is 1.55 bits per heavy atom. The lowest BCUT2D eigenvalue weighted by Gasteiger charge is -2.26. The molecule has 7 heteroatoms. The molecule has 0 bridgehead atoms. The van der Waals surface area contributed by atoms with Crippen molar-refractivity contribution in [2.24, 2.45) is 11.0 Å². The van der Waals surface area contributed by atoms with E-state index in [4.69, 9.17) is 11.6 Å². The summed E-state index contributed by atoms with van der Waals surface area (Å²) in [7, 11) is 0. The summed E-state index contributed by atoms with van der Waals surface area (Å²) in [6.45, 7) is 4.19. The number of rotatable bonds is 3. The molecule has 1 heterocycles. The molecule has 1 atom stereocenters. The number of carbonyl (C=O) groups excluding carboxylic acids is 1. The van der Waals surface area contributed by atoms with Gasteiger partial charge >= 0.3 is 0 Å². The van der Waals surface area contributed by atoms with E-state index in [-0.39, 0.29) is 22.5 Å². The van der Waals surface area contributed by atoms with Crippen LogP contribution in [0.2, 0.25) is 5.02 Å². The van der Waals surface area contributed by atoms with Crippen LogP contribution in [0.3, 0.4) is 0 Å². The van der Waals surface area contributed by atoms with Crippen molar-refractivity contribution in [3.63, 3.8) is 0 Å². The average Bonchev–Trinajstić information content (AvgIpc) is 2.39. The van der Waals surface area contributed by atoms with Crippen LogP contribution in [0.4, 0.5) is 5.69 Å². The van der Waals surface area contributed by atoms with Gasteiger partial charge in [0.1, 0.15) is 5.02 Å². The molecule has 1 aliphatic rings. The molecule has 0 saturated carbocycles. The minimum atomic E-state index is -0.525. The van der Waals surface area contributed by atoms with Crippen molar-refractivity contribution in [1.82, 2.24) is 5.01 Å². The molecule has 1 amide bonds. The Morgan fingerprint density at radius 2 is 2.25 bits per heavy atom. The van der Waals surface area contributed by atoms with Crippen molar-refractivity contribution in [3.05, 3.63) is 38.9 Å². The molecule has 0 spiro atoms. The van der Waals surface area contributed by atoms with Crippen LogP contribution < -0.4 is 0 Å². The van der Waals surface area contributed by atoms with E-state index in [0.29, 0.717) is 24.2 Å². The van der Waals surface area contributed by atoms with Gasteiger partial charge in [0.15, 0.2) is 0 Å². The second-order valence-corrected chi connectivity index (χ2v) is 5.03. The first-order chi connectivity index (χ1) is 9.43. The summed E-state index contributed by atoms with van der Waals surface area (Å²) in [6.07, 6.45) is 0.350. The summed E-state index contributed by atoms with van der Waals surface area (Å²) in [5, 5.41) is 16.7. The summed E-state index contributed by atoms with van der Waals surface area (Å²) in [5.74, 6) is -0.113. The molecule has 20 heavy (non-hydrogen) atoms. The number of carbonyl (C=O) groups is 1. The molecule has 0 saturated heterocycles. The predicted octanol–water partition coefficient (Wildman–Crippen LogP) is 2.84. The predicted molar refractivity (Wildman–Crippen MR) is 75.8 cm³/mol. The maximum Gasteiger partial charge on any atom is 0.288 e. The number of nitro groups is 1. The Kier molecular flexibility index (Phi) is 4.04. The van der Waals surface area contributed by atoms with Gasteiger partial charge in [-0.15, -0.1) is 0 Å². The highest BCUT2D eigenvalue weighted by atomic mass is 35.5. The van der Waals surface area contributed by atoms with Gasteiger partial charge in [0.05, 0.1) is 10.6 Å². The number of hydrogen-bond acceptors (Lipinski definition) is 4. The lowest BCUT2D eigenvalue weighted by atomic mass is 9.93. The van der Waals surface area contributed by atoms with E-state index in [1.165, 1.54) is 17.1 Å². The van der Waals surface area contributed by atoms with Crippen LogP contribution >= 0.6 is 11.6 Å². The SMILES string of the molecule is CCN1N=C(c2ccc(Cl)c([N+](=O)[O-])c2)C(C)CC1=O. The number of hydrogen-bond donors (Lipinski definition) is 0. The Bertz CT molecular complexity index is 601. The molecule has 0 radical (unpaired) electrons. The fourth-order valence-electron chi connectivity index (χ4n) is 2.15. The number of hydrazone groups is 1. The fourth-order valence-corrected chi connectivity index (χ4v) is 2.34. The molecular formula is C13H14ClN3O3. The average molecular weight is 296 g/mol. The zero-order valence-corrected chi connectivity index (χ0v) is 11.9.